The number of anilines is 1. The molecule has 0 atom stereocenters. The number of methoxy groups -OCH3 is 1. The lowest BCUT2D eigenvalue weighted by molar-refractivity contribution is 0.0696. The van der Waals surface area contributed by atoms with Gasteiger partial charge in [-0.2, -0.15) is 0 Å². The Labute approximate surface area is 114 Å². The van der Waals surface area contributed by atoms with Gasteiger partial charge in [0.25, 0.3) is 5.91 Å². The second-order valence-corrected chi connectivity index (χ2v) is 3.78. The molecule has 0 radical (unpaired) electrons. The number of hydrogen-bond donors (Lipinski definition) is 2. The SMILES string of the molecule is COc1ncccc1C(=O)Nc1cncc(C(=O)O)c1. The van der Waals surface area contributed by atoms with E-state index in [9.17, 15) is 9.59 Å². The summed E-state index contributed by atoms with van der Waals surface area (Å²) in [6, 6.07) is 4.47. The maximum Gasteiger partial charge on any atom is 0.337 e. The van der Waals surface area contributed by atoms with E-state index in [-0.39, 0.29) is 22.7 Å². The summed E-state index contributed by atoms with van der Waals surface area (Å²) in [4.78, 5) is 30.6. The van der Waals surface area contributed by atoms with E-state index in [2.05, 4.69) is 15.3 Å². The lowest BCUT2D eigenvalue weighted by Crippen LogP contribution is -2.14. The fourth-order valence-electron chi connectivity index (χ4n) is 1.55. The van der Waals surface area contributed by atoms with Crippen LogP contribution in [0, 0.1) is 0 Å². The number of carbonyl (C=O) groups is 2. The maximum absolute atomic E-state index is 12.1. The van der Waals surface area contributed by atoms with E-state index in [4.69, 9.17) is 9.84 Å². The van der Waals surface area contributed by atoms with Crippen molar-refractivity contribution in [1.29, 1.82) is 0 Å². The summed E-state index contributed by atoms with van der Waals surface area (Å²) in [5.74, 6) is -1.39. The molecule has 2 aromatic heterocycles. The lowest BCUT2D eigenvalue weighted by Gasteiger charge is -2.08. The van der Waals surface area contributed by atoms with Gasteiger partial charge in [-0.1, -0.05) is 0 Å². The van der Waals surface area contributed by atoms with Crippen molar-refractivity contribution in [3.05, 3.63) is 47.9 Å². The van der Waals surface area contributed by atoms with Gasteiger partial charge in [-0.05, 0) is 18.2 Å². The fraction of sp³-hybridized carbons (Fsp3) is 0.0769. The van der Waals surface area contributed by atoms with Crippen molar-refractivity contribution in [3.8, 4) is 5.88 Å². The number of pyridine rings is 2. The fourth-order valence-corrected chi connectivity index (χ4v) is 1.55. The third kappa shape index (κ3) is 2.89. The number of carboxylic acids is 1. The Balaban J connectivity index is 2.23. The molecule has 7 nitrogen and oxygen atoms in total. The van der Waals surface area contributed by atoms with Crippen LogP contribution in [0.25, 0.3) is 0 Å². The highest BCUT2D eigenvalue weighted by Gasteiger charge is 2.14. The van der Waals surface area contributed by atoms with E-state index in [1.807, 2.05) is 0 Å². The Kier molecular flexibility index (Phi) is 3.90. The molecule has 0 unspecified atom stereocenters. The summed E-state index contributed by atoms with van der Waals surface area (Å²) >= 11 is 0. The number of rotatable bonds is 4. The molecule has 2 aromatic rings. The van der Waals surface area contributed by atoms with Crippen LogP contribution in [0.3, 0.4) is 0 Å². The van der Waals surface area contributed by atoms with Crippen LogP contribution < -0.4 is 10.1 Å². The zero-order chi connectivity index (χ0) is 14.5. The van der Waals surface area contributed by atoms with Crippen molar-refractivity contribution in [2.45, 2.75) is 0 Å². The normalized spacial score (nSPS) is 9.85. The molecule has 102 valence electrons. The first kappa shape index (κ1) is 13.5. The van der Waals surface area contributed by atoms with E-state index in [0.717, 1.165) is 0 Å². The lowest BCUT2D eigenvalue weighted by atomic mass is 10.2. The third-order valence-electron chi connectivity index (χ3n) is 2.45. The zero-order valence-electron chi connectivity index (χ0n) is 10.5. The van der Waals surface area contributed by atoms with Crippen molar-refractivity contribution >= 4 is 17.6 Å². The number of amides is 1. The molecule has 0 fully saturated rings. The van der Waals surface area contributed by atoms with Crippen molar-refractivity contribution < 1.29 is 19.4 Å². The predicted octanol–water partition coefficient (Wildman–Crippen LogP) is 1.44. The first-order chi connectivity index (χ1) is 9.61. The molecular formula is C13H11N3O4. The molecule has 0 spiro atoms. The number of nitrogens with one attached hydrogen (secondary N) is 1. The van der Waals surface area contributed by atoms with Gasteiger partial charge >= 0.3 is 5.97 Å². The average Bonchev–Trinajstić information content (AvgIpc) is 2.47. The monoisotopic (exact) mass is 273 g/mol. The average molecular weight is 273 g/mol. The van der Waals surface area contributed by atoms with Crippen molar-refractivity contribution in [1.82, 2.24) is 9.97 Å². The Morgan fingerprint density at radius 2 is 2.15 bits per heavy atom. The van der Waals surface area contributed by atoms with Gasteiger partial charge in [0, 0.05) is 12.4 Å². The largest absolute Gasteiger partial charge is 0.480 e. The van der Waals surface area contributed by atoms with Gasteiger partial charge in [0.15, 0.2) is 0 Å². The summed E-state index contributed by atoms with van der Waals surface area (Å²) in [6.07, 6.45) is 4.05. The number of hydrogen-bond acceptors (Lipinski definition) is 5. The van der Waals surface area contributed by atoms with Crippen molar-refractivity contribution in [3.63, 3.8) is 0 Å². The predicted molar refractivity (Wildman–Crippen MR) is 69.9 cm³/mol. The molecule has 0 aliphatic heterocycles. The van der Waals surface area contributed by atoms with E-state index < -0.39 is 11.9 Å². The van der Waals surface area contributed by atoms with Gasteiger partial charge in [-0.25, -0.2) is 9.78 Å². The summed E-state index contributed by atoms with van der Waals surface area (Å²) < 4.78 is 4.98. The van der Waals surface area contributed by atoms with Crippen molar-refractivity contribution in [2.24, 2.45) is 0 Å². The summed E-state index contributed by atoms with van der Waals surface area (Å²) in [5.41, 5.74) is 0.512. The Bertz CT molecular complexity index is 658. The molecule has 0 bridgehead atoms. The van der Waals surface area contributed by atoms with E-state index in [1.54, 1.807) is 12.1 Å². The van der Waals surface area contributed by atoms with E-state index >= 15 is 0 Å². The number of nitrogens with zero attached hydrogens (tertiary/aromatic N) is 2. The Morgan fingerprint density at radius 3 is 2.85 bits per heavy atom. The number of aromatic nitrogens is 2. The molecule has 0 aliphatic carbocycles. The zero-order valence-corrected chi connectivity index (χ0v) is 10.5. The number of aromatic carboxylic acids is 1. The number of carboxylic acid groups (broad SMARTS) is 1. The van der Waals surface area contributed by atoms with Crippen LogP contribution in [-0.2, 0) is 0 Å². The van der Waals surface area contributed by atoms with Gasteiger partial charge in [0.2, 0.25) is 5.88 Å². The molecule has 2 N–H and O–H groups in total. The van der Waals surface area contributed by atoms with Crippen LogP contribution in [0.15, 0.2) is 36.8 Å². The topological polar surface area (TPSA) is 101 Å². The van der Waals surface area contributed by atoms with E-state index in [0.29, 0.717) is 0 Å². The standard InChI is InChI=1S/C13H11N3O4/c1-20-12-10(3-2-4-15-12)11(17)16-9-5-8(13(18)19)6-14-7-9/h2-7H,1H3,(H,16,17)(H,18,19). The summed E-state index contributed by atoms with van der Waals surface area (Å²) in [5, 5.41) is 11.4. The minimum Gasteiger partial charge on any atom is -0.480 e. The molecule has 0 saturated heterocycles. The quantitative estimate of drug-likeness (QED) is 0.873. The smallest absolute Gasteiger partial charge is 0.337 e. The molecule has 2 heterocycles. The molecule has 2 rings (SSSR count). The summed E-state index contributed by atoms with van der Waals surface area (Å²) in [6.45, 7) is 0. The minimum absolute atomic E-state index is 0.0130. The highest BCUT2D eigenvalue weighted by molar-refractivity contribution is 6.06. The molecular weight excluding hydrogens is 262 g/mol. The van der Waals surface area contributed by atoms with Gasteiger partial charge in [-0.3, -0.25) is 9.78 Å². The molecule has 1 amide bonds. The molecule has 20 heavy (non-hydrogen) atoms. The third-order valence-corrected chi connectivity index (χ3v) is 2.45. The first-order valence-electron chi connectivity index (χ1n) is 5.60. The van der Waals surface area contributed by atoms with E-state index in [1.165, 1.54) is 31.8 Å². The second kappa shape index (κ2) is 5.79. The Hall–Kier alpha value is -2.96. The van der Waals surface area contributed by atoms with Crippen LogP contribution in [0.5, 0.6) is 5.88 Å². The molecule has 7 heteroatoms. The molecule has 0 aliphatic rings. The Morgan fingerprint density at radius 1 is 1.35 bits per heavy atom. The van der Waals surface area contributed by atoms with Crippen LogP contribution in [-0.4, -0.2) is 34.1 Å². The van der Waals surface area contributed by atoms with Crippen LogP contribution in [0.1, 0.15) is 20.7 Å². The minimum atomic E-state index is -1.12. The maximum atomic E-state index is 12.1. The van der Waals surface area contributed by atoms with Crippen LogP contribution in [0.2, 0.25) is 0 Å². The van der Waals surface area contributed by atoms with Crippen molar-refractivity contribution in [2.75, 3.05) is 12.4 Å². The molecule has 0 aromatic carbocycles. The van der Waals surface area contributed by atoms with Gasteiger partial charge in [-0.15, -0.1) is 0 Å². The number of ether oxygens (including phenoxy) is 1. The van der Waals surface area contributed by atoms with Gasteiger partial charge in [0.05, 0.1) is 24.6 Å². The van der Waals surface area contributed by atoms with Crippen LogP contribution >= 0.6 is 0 Å². The second-order valence-electron chi connectivity index (χ2n) is 3.78. The highest BCUT2D eigenvalue weighted by Crippen LogP contribution is 2.16. The summed E-state index contributed by atoms with van der Waals surface area (Å²) in [7, 11) is 1.41. The van der Waals surface area contributed by atoms with Crippen LogP contribution in [0.4, 0.5) is 5.69 Å². The highest BCUT2D eigenvalue weighted by atomic mass is 16.5. The molecule has 0 saturated carbocycles. The number of carbonyl (C=O) groups excluding carboxylic acids is 1. The van der Waals surface area contributed by atoms with Gasteiger partial charge in [0.1, 0.15) is 5.56 Å². The first-order valence-corrected chi connectivity index (χ1v) is 5.60. The van der Waals surface area contributed by atoms with Gasteiger partial charge < -0.3 is 15.2 Å².